The second-order valence-corrected chi connectivity index (χ2v) is 9.06. The Morgan fingerprint density at radius 3 is 2.00 bits per heavy atom. The highest BCUT2D eigenvalue weighted by Crippen LogP contribution is 2.37. The van der Waals surface area contributed by atoms with E-state index in [0.717, 1.165) is 22.9 Å². The molecule has 3 rings (SSSR count). The Labute approximate surface area is 201 Å². The Morgan fingerprint density at radius 1 is 0.882 bits per heavy atom. The van der Waals surface area contributed by atoms with E-state index in [1.165, 1.54) is 6.08 Å². The highest BCUT2D eigenvalue weighted by atomic mass is 32.2. The average Bonchev–Trinajstić information content (AvgIpc) is 3.10. The molecule has 1 aliphatic heterocycles. The molecule has 0 aromatic heterocycles. The zero-order valence-electron chi connectivity index (χ0n) is 18.8. The normalized spacial score (nSPS) is 21.4. The maximum absolute atomic E-state index is 12.8. The maximum Gasteiger partial charge on any atom is 0.509 e. The van der Waals surface area contributed by atoms with Crippen LogP contribution < -0.4 is 0 Å². The minimum Gasteiger partial charge on any atom is -0.461 e. The second-order valence-electron chi connectivity index (χ2n) is 7.70. The molecule has 0 saturated carbocycles. The van der Waals surface area contributed by atoms with Crippen LogP contribution in [0.2, 0.25) is 0 Å². The first-order chi connectivity index (χ1) is 16.3. The number of esters is 2. The molecule has 9 heteroatoms. The number of ether oxygens (including phenoxy) is 4. The number of aliphatic hydroxyl groups excluding tert-OH is 1. The first kappa shape index (κ1) is 25.3. The molecular weight excluding hydrogens is 460 g/mol. The number of carbonyl (C=O) groups is 3. The largest absolute Gasteiger partial charge is 0.509 e. The van der Waals surface area contributed by atoms with E-state index in [0.29, 0.717) is 11.1 Å². The molecule has 0 bridgehead atoms. The van der Waals surface area contributed by atoms with Crippen LogP contribution in [0.15, 0.2) is 61.2 Å². The molecule has 1 fully saturated rings. The first-order valence-electron chi connectivity index (χ1n) is 10.6. The quantitative estimate of drug-likeness (QED) is 0.338. The molecule has 1 saturated heterocycles. The van der Waals surface area contributed by atoms with Gasteiger partial charge in [-0.25, -0.2) is 14.4 Å². The summed E-state index contributed by atoms with van der Waals surface area (Å²) >= 11 is 0.975. The number of rotatable bonds is 8. The summed E-state index contributed by atoms with van der Waals surface area (Å²) < 4.78 is 21.1. The van der Waals surface area contributed by atoms with Gasteiger partial charge in [0.15, 0.2) is 12.2 Å². The third kappa shape index (κ3) is 6.61. The van der Waals surface area contributed by atoms with Gasteiger partial charge >= 0.3 is 18.1 Å². The van der Waals surface area contributed by atoms with Crippen LogP contribution in [-0.4, -0.2) is 59.3 Å². The standard InChI is InChI=1S/C25H26O8S/c1-4-13-30-25(29)33-21-20(32-23(27)18-11-7-16(3)8-12-18)19(34-24(21)28)14-31-22(26)17-9-5-15(2)6-10-17/h4-12,19-21,24,28H,1,13-14H2,2-3H3/t19-,20+,21-,24?/m1/s1. The van der Waals surface area contributed by atoms with Crippen molar-refractivity contribution in [1.29, 1.82) is 0 Å². The van der Waals surface area contributed by atoms with E-state index >= 15 is 0 Å². The van der Waals surface area contributed by atoms with Gasteiger partial charge in [0.05, 0.1) is 16.4 Å². The summed E-state index contributed by atoms with van der Waals surface area (Å²) in [5.41, 5.74) is 1.39. The first-order valence-corrected chi connectivity index (χ1v) is 11.5. The number of aliphatic hydroxyl groups is 1. The summed E-state index contributed by atoms with van der Waals surface area (Å²) in [5.74, 6) is -1.23. The third-order valence-corrected chi connectivity index (χ3v) is 6.33. The average molecular weight is 487 g/mol. The van der Waals surface area contributed by atoms with Gasteiger partial charge in [0.1, 0.15) is 18.6 Å². The monoisotopic (exact) mass is 486 g/mol. The molecule has 2 aromatic rings. The van der Waals surface area contributed by atoms with Crippen LogP contribution in [-0.2, 0) is 18.9 Å². The Balaban J connectivity index is 1.73. The Hall–Kier alpha value is -3.30. The number of thioether (sulfide) groups is 1. The molecule has 8 nitrogen and oxygen atoms in total. The van der Waals surface area contributed by atoms with Gasteiger partial charge in [-0.1, -0.05) is 48.0 Å². The topological polar surface area (TPSA) is 108 Å². The lowest BCUT2D eigenvalue weighted by molar-refractivity contribution is -0.0645. The van der Waals surface area contributed by atoms with Crippen molar-refractivity contribution in [3.63, 3.8) is 0 Å². The summed E-state index contributed by atoms with van der Waals surface area (Å²) in [6.07, 6.45) is -1.99. The minimum absolute atomic E-state index is 0.0831. The fourth-order valence-electron chi connectivity index (χ4n) is 3.19. The van der Waals surface area contributed by atoms with E-state index < -0.39 is 41.0 Å². The van der Waals surface area contributed by atoms with E-state index in [1.807, 2.05) is 13.8 Å². The van der Waals surface area contributed by atoms with Gasteiger partial charge < -0.3 is 24.1 Å². The van der Waals surface area contributed by atoms with Gasteiger partial charge in [-0.2, -0.15) is 0 Å². The highest BCUT2D eigenvalue weighted by molar-refractivity contribution is 8.00. The van der Waals surface area contributed by atoms with Crippen LogP contribution in [0.4, 0.5) is 4.79 Å². The molecule has 180 valence electrons. The highest BCUT2D eigenvalue weighted by Gasteiger charge is 2.49. The Bertz CT molecular complexity index is 1020. The number of hydrogen-bond donors (Lipinski definition) is 1. The summed E-state index contributed by atoms with van der Waals surface area (Å²) in [6, 6.07) is 13.6. The number of carbonyl (C=O) groups excluding carboxylic acids is 3. The summed E-state index contributed by atoms with van der Waals surface area (Å²) in [5, 5.41) is 9.83. The van der Waals surface area contributed by atoms with Gasteiger partial charge in [0.2, 0.25) is 0 Å². The molecule has 0 amide bonds. The van der Waals surface area contributed by atoms with Crippen molar-refractivity contribution in [2.75, 3.05) is 13.2 Å². The van der Waals surface area contributed by atoms with E-state index in [4.69, 9.17) is 18.9 Å². The molecule has 4 atom stereocenters. The maximum atomic E-state index is 12.8. The molecule has 0 aliphatic carbocycles. The van der Waals surface area contributed by atoms with Gasteiger partial charge in [0, 0.05) is 0 Å². The predicted octanol–water partition coefficient (Wildman–Crippen LogP) is 3.83. The van der Waals surface area contributed by atoms with Crippen molar-refractivity contribution >= 4 is 29.9 Å². The van der Waals surface area contributed by atoms with E-state index in [2.05, 4.69) is 6.58 Å². The van der Waals surface area contributed by atoms with E-state index in [-0.39, 0.29) is 13.2 Å². The third-order valence-electron chi connectivity index (χ3n) is 5.03. The molecular formula is C25H26O8S. The molecule has 1 unspecified atom stereocenters. The molecule has 1 aliphatic rings. The molecule has 0 spiro atoms. The minimum atomic E-state index is -1.23. The Morgan fingerprint density at radius 2 is 1.44 bits per heavy atom. The van der Waals surface area contributed by atoms with Gasteiger partial charge in [0.25, 0.3) is 0 Å². The van der Waals surface area contributed by atoms with Crippen LogP contribution in [0.25, 0.3) is 0 Å². The molecule has 1 N–H and O–H groups in total. The van der Waals surface area contributed by atoms with Crippen molar-refractivity contribution < 1.29 is 38.4 Å². The lowest BCUT2D eigenvalue weighted by atomic mass is 10.1. The zero-order valence-corrected chi connectivity index (χ0v) is 19.7. The number of benzene rings is 2. The summed E-state index contributed by atoms with van der Waals surface area (Å²) in [6.45, 7) is 6.98. The van der Waals surface area contributed by atoms with Crippen LogP contribution in [0.3, 0.4) is 0 Å². The molecule has 34 heavy (non-hydrogen) atoms. The van der Waals surface area contributed by atoms with Crippen molar-refractivity contribution in [2.45, 2.75) is 36.7 Å². The molecule has 1 heterocycles. The van der Waals surface area contributed by atoms with Gasteiger partial charge in [-0.15, -0.1) is 11.8 Å². The molecule has 2 aromatic carbocycles. The van der Waals surface area contributed by atoms with Crippen LogP contribution in [0, 0.1) is 13.8 Å². The Kier molecular flexibility index (Phi) is 8.72. The van der Waals surface area contributed by atoms with Gasteiger partial charge in [-0.3, -0.25) is 0 Å². The van der Waals surface area contributed by atoms with Crippen molar-refractivity contribution in [3.05, 3.63) is 83.4 Å². The van der Waals surface area contributed by atoms with Crippen molar-refractivity contribution in [3.8, 4) is 0 Å². The van der Waals surface area contributed by atoms with E-state index in [1.54, 1.807) is 48.5 Å². The lowest BCUT2D eigenvalue weighted by Crippen LogP contribution is -2.42. The van der Waals surface area contributed by atoms with Crippen molar-refractivity contribution in [2.24, 2.45) is 0 Å². The smallest absolute Gasteiger partial charge is 0.461 e. The lowest BCUT2D eigenvalue weighted by Gasteiger charge is -2.24. The van der Waals surface area contributed by atoms with Gasteiger partial charge in [-0.05, 0) is 38.1 Å². The van der Waals surface area contributed by atoms with Crippen molar-refractivity contribution in [1.82, 2.24) is 0 Å². The SMILES string of the molecule is C=CCOC(=O)O[C@H]1C(O)S[C@H](COC(=O)c2ccc(C)cc2)[C@@H]1OC(=O)c1ccc(C)cc1. The summed E-state index contributed by atoms with van der Waals surface area (Å²) in [7, 11) is 0. The van der Waals surface area contributed by atoms with Crippen LogP contribution in [0.1, 0.15) is 31.8 Å². The second kappa shape index (κ2) is 11.7. The van der Waals surface area contributed by atoms with Crippen LogP contribution >= 0.6 is 11.8 Å². The molecule has 0 radical (unpaired) electrons. The predicted molar refractivity (Wildman–Crippen MR) is 126 cm³/mol. The fourth-order valence-corrected chi connectivity index (χ4v) is 4.43. The van der Waals surface area contributed by atoms with Crippen LogP contribution in [0.5, 0.6) is 0 Å². The number of aryl methyl sites for hydroxylation is 2. The van der Waals surface area contributed by atoms with E-state index in [9.17, 15) is 19.5 Å². The number of hydrogen-bond acceptors (Lipinski definition) is 9. The fraction of sp³-hybridized carbons (Fsp3) is 0.320. The zero-order chi connectivity index (χ0) is 24.7. The summed E-state index contributed by atoms with van der Waals surface area (Å²) in [4.78, 5) is 37.2.